The summed E-state index contributed by atoms with van der Waals surface area (Å²) in [5.74, 6) is -0.891. The number of piperidine rings is 1. The van der Waals surface area contributed by atoms with Crippen LogP contribution in [0.15, 0.2) is 21.6 Å². The summed E-state index contributed by atoms with van der Waals surface area (Å²) in [7, 11) is -3.87. The van der Waals surface area contributed by atoms with E-state index in [1.165, 1.54) is 16.4 Å². The zero-order valence-corrected chi connectivity index (χ0v) is 19.9. The molecule has 33 heavy (non-hydrogen) atoms. The monoisotopic (exact) mass is 483 g/mol. The lowest BCUT2D eigenvalue weighted by atomic mass is 9.96. The van der Waals surface area contributed by atoms with Crippen LogP contribution < -0.4 is 0 Å². The number of carbonyl (C=O) groups is 2. The number of sulfonamides is 1. The summed E-state index contributed by atoms with van der Waals surface area (Å²) >= 11 is 0. The van der Waals surface area contributed by atoms with Gasteiger partial charge in [0.1, 0.15) is 0 Å². The summed E-state index contributed by atoms with van der Waals surface area (Å²) in [6, 6.07) is 2.58. The zero-order valence-electron chi connectivity index (χ0n) is 19.1. The number of furan rings is 1. The van der Waals surface area contributed by atoms with Gasteiger partial charge in [-0.05, 0) is 44.7 Å². The molecule has 1 unspecified atom stereocenters. The molecule has 3 aliphatic heterocycles. The van der Waals surface area contributed by atoms with Crippen LogP contribution in [0.3, 0.4) is 0 Å². The number of amides is 1. The van der Waals surface area contributed by atoms with Gasteiger partial charge < -0.3 is 18.8 Å². The van der Waals surface area contributed by atoms with Gasteiger partial charge in [0.15, 0.2) is 0 Å². The van der Waals surface area contributed by atoms with Gasteiger partial charge in [-0.15, -0.1) is 0 Å². The molecule has 3 saturated heterocycles. The predicted molar refractivity (Wildman–Crippen MR) is 118 cm³/mol. The van der Waals surface area contributed by atoms with Crippen molar-refractivity contribution in [1.82, 2.24) is 14.1 Å². The molecule has 0 aromatic carbocycles. The molecule has 4 rings (SSSR count). The largest absolute Gasteiger partial charge is 0.460 e. The lowest BCUT2D eigenvalue weighted by Crippen LogP contribution is -2.53. The van der Waals surface area contributed by atoms with E-state index in [2.05, 4.69) is 4.90 Å². The number of piperazine rings is 1. The quantitative estimate of drug-likeness (QED) is 0.532. The Bertz CT molecular complexity index is 926. The van der Waals surface area contributed by atoms with Gasteiger partial charge in [-0.1, -0.05) is 0 Å². The molecule has 3 aliphatic rings. The second-order valence-electron chi connectivity index (χ2n) is 8.78. The Morgan fingerprint density at radius 3 is 2.42 bits per heavy atom. The highest BCUT2D eigenvalue weighted by Gasteiger charge is 2.36. The van der Waals surface area contributed by atoms with Crippen LogP contribution in [0, 0.1) is 5.92 Å². The number of hydrogen-bond donors (Lipinski definition) is 0. The molecule has 1 aromatic heterocycles. The summed E-state index contributed by atoms with van der Waals surface area (Å²) in [6.07, 6.45) is 3.51. The van der Waals surface area contributed by atoms with Crippen LogP contribution in [0.1, 0.15) is 43.2 Å². The van der Waals surface area contributed by atoms with E-state index in [-0.39, 0.29) is 42.4 Å². The molecule has 0 spiro atoms. The topological polar surface area (TPSA) is 110 Å². The van der Waals surface area contributed by atoms with Crippen LogP contribution in [0.25, 0.3) is 0 Å². The van der Waals surface area contributed by atoms with Gasteiger partial charge in [-0.25, -0.2) is 13.2 Å². The maximum atomic E-state index is 13.0. The first-order valence-electron chi connectivity index (χ1n) is 11.8. The van der Waals surface area contributed by atoms with Crippen LogP contribution in [0.5, 0.6) is 0 Å². The van der Waals surface area contributed by atoms with E-state index in [1.807, 2.05) is 4.90 Å². The van der Waals surface area contributed by atoms with Gasteiger partial charge >= 0.3 is 5.97 Å². The van der Waals surface area contributed by atoms with E-state index in [1.54, 1.807) is 6.92 Å². The molecule has 184 valence electrons. The minimum absolute atomic E-state index is 0.117. The second-order valence-corrected chi connectivity index (χ2v) is 10.6. The number of carbonyl (C=O) groups excluding carboxylic acids is 2. The Morgan fingerprint density at radius 2 is 1.79 bits per heavy atom. The van der Waals surface area contributed by atoms with Gasteiger partial charge in [-0.3, -0.25) is 9.69 Å². The molecule has 1 aromatic rings. The molecule has 1 atom stereocenters. The third-order valence-corrected chi connectivity index (χ3v) is 8.40. The van der Waals surface area contributed by atoms with Crippen molar-refractivity contribution in [2.75, 3.05) is 59.0 Å². The van der Waals surface area contributed by atoms with E-state index in [0.29, 0.717) is 32.0 Å². The number of rotatable bonds is 7. The highest BCUT2D eigenvalue weighted by atomic mass is 32.2. The van der Waals surface area contributed by atoms with Crippen molar-refractivity contribution in [3.8, 4) is 0 Å². The molecule has 10 nitrogen and oxygen atoms in total. The van der Waals surface area contributed by atoms with Crippen LogP contribution in [0.4, 0.5) is 0 Å². The fourth-order valence-corrected chi connectivity index (χ4v) is 6.11. The Balaban J connectivity index is 1.26. The lowest BCUT2D eigenvalue weighted by molar-refractivity contribution is -0.138. The number of ether oxygens (including phenoxy) is 2. The average Bonchev–Trinajstić information content (AvgIpc) is 3.52. The highest BCUT2D eigenvalue weighted by molar-refractivity contribution is 7.89. The Hall–Kier alpha value is -1.95. The first-order chi connectivity index (χ1) is 15.9. The molecule has 1 amide bonds. The van der Waals surface area contributed by atoms with E-state index in [4.69, 9.17) is 13.9 Å². The first kappa shape index (κ1) is 24.2. The van der Waals surface area contributed by atoms with E-state index < -0.39 is 16.0 Å². The van der Waals surface area contributed by atoms with Gasteiger partial charge in [0, 0.05) is 58.3 Å². The average molecular weight is 484 g/mol. The lowest BCUT2D eigenvalue weighted by Gasteiger charge is -2.38. The summed E-state index contributed by atoms with van der Waals surface area (Å²) < 4.78 is 42.9. The molecule has 0 N–H and O–H groups in total. The fraction of sp³-hybridized carbons (Fsp3) is 0.727. The van der Waals surface area contributed by atoms with Gasteiger partial charge in [-0.2, -0.15) is 4.31 Å². The SMILES string of the molecule is CCOC(=O)c1ccc(S(=O)(=O)N2CCC(C(=O)N3CCN(CC4CCCO4)CC3)CC2)o1. The van der Waals surface area contributed by atoms with Crippen molar-refractivity contribution in [2.45, 2.75) is 43.8 Å². The molecule has 0 saturated carbocycles. The Kier molecular flexibility index (Phi) is 7.72. The number of hydrogen-bond acceptors (Lipinski definition) is 8. The van der Waals surface area contributed by atoms with Crippen LogP contribution in [-0.4, -0.2) is 99.5 Å². The molecule has 0 bridgehead atoms. The van der Waals surface area contributed by atoms with E-state index >= 15 is 0 Å². The van der Waals surface area contributed by atoms with Gasteiger partial charge in [0.05, 0.1) is 12.7 Å². The standard InChI is InChI=1S/C22H33N3O7S/c1-2-30-22(27)19-5-6-20(32-19)33(28,29)25-9-7-17(8-10-25)21(26)24-13-11-23(12-14-24)16-18-4-3-15-31-18/h5-6,17-18H,2-4,7-16H2,1H3. The van der Waals surface area contributed by atoms with Gasteiger partial charge in [0.25, 0.3) is 10.0 Å². The van der Waals surface area contributed by atoms with Crippen molar-refractivity contribution >= 4 is 21.9 Å². The molecule has 11 heteroatoms. The summed E-state index contributed by atoms with van der Waals surface area (Å²) in [6.45, 7) is 7.20. The molecular formula is C22H33N3O7S. The molecule has 3 fully saturated rings. The normalized spacial score (nSPS) is 23.7. The zero-order chi connectivity index (χ0) is 23.4. The predicted octanol–water partition coefficient (Wildman–Crippen LogP) is 1.18. The van der Waals surface area contributed by atoms with Crippen LogP contribution in [0.2, 0.25) is 0 Å². The number of nitrogens with zero attached hydrogens (tertiary/aromatic N) is 3. The smallest absolute Gasteiger partial charge is 0.374 e. The van der Waals surface area contributed by atoms with Crippen molar-refractivity contribution in [2.24, 2.45) is 5.92 Å². The third kappa shape index (κ3) is 5.59. The van der Waals surface area contributed by atoms with Crippen molar-refractivity contribution in [3.05, 3.63) is 17.9 Å². The minimum atomic E-state index is -3.87. The third-order valence-electron chi connectivity index (χ3n) is 6.63. The highest BCUT2D eigenvalue weighted by Crippen LogP contribution is 2.27. The second kappa shape index (κ2) is 10.5. The summed E-state index contributed by atoms with van der Waals surface area (Å²) in [5.41, 5.74) is 0. The molecule has 4 heterocycles. The van der Waals surface area contributed by atoms with Crippen molar-refractivity contribution in [1.29, 1.82) is 0 Å². The summed E-state index contributed by atoms with van der Waals surface area (Å²) in [4.78, 5) is 29.1. The molecule has 0 aliphatic carbocycles. The minimum Gasteiger partial charge on any atom is -0.460 e. The maximum absolute atomic E-state index is 13.0. The Morgan fingerprint density at radius 1 is 1.06 bits per heavy atom. The summed E-state index contributed by atoms with van der Waals surface area (Å²) in [5, 5.41) is -0.280. The molecular weight excluding hydrogens is 450 g/mol. The van der Waals surface area contributed by atoms with Crippen molar-refractivity contribution < 1.29 is 31.9 Å². The Labute approximate surface area is 194 Å². The van der Waals surface area contributed by atoms with E-state index in [0.717, 1.165) is 39.1 Å². The molecule has 0 radical (unpaired) electrons. The first-order valence-corrected chi connectivity index (χ1v) is 13.2. The maximum Gasteiger partial charge on any atom is 0.374 e. The van der Waals surface area contributed by atoms with Gasteiger partial charge in [0.2, 0.25) is 16.8 Å². The van der Waals surface area contributed by atoms with Crippen molar-refractivity contribution in [3.63, 3.8) is 0 Å². The van der Waals surface area contributed by atoms with Crippen LogP contribution in [-0.2, 0) is 24.3 Å². The van der Waals surface area contributed by atoms with E-state index in [9.17, 15) is 18.0 Å². The number of esters is 1. The fourth-order valence-electron chi connectivity index (χ4n) is 4.73. The van der Waals surface area contributed by atoms with Crippen LogP contribution >= 0.6 is 0 Å².